The van der Waals surface area contributed by atoms with E-state index in [0.717, 1.165) is 22.3 Å². The minimum atomic E-state index is -0.305. The molecule has 1 aliphatic rings. The minimum Gasteiger partial charge on any atom is -0.391 e. The lowest BCUT2D eigenvalue weighted by Gasteiger charge is -2.29. The third-order valence-corrected chi connectivity index (χ3v) is 6.26. The number of halogens is 1. The van der Waals surface area contributed by atoms with Gasteiger partial charge in [-0.3, -0.25) is 4.68 Å². The van der Waals surface area contributed by atoms with E-state index in [1.807, 2.05) is 30.4 Å². The summed E-state index contributed by atoms with van der Waals surface area (Å²) < 4.78 is 2.91. The molecule has 0 saturated carbocycles. The lowest BCUT2D eigenvalue weighted by molar-refractivity contribution is 0.131. The number of aryl methyl sites for hydroxylation is 2. The Morgan fingerprint density at radius 1 is 1.65 bits per heavy atom. The van der Waals surface area contributed by atoms with Crippen LogP contribution in [0.3, 0.4) is 0 Å². The molecule has 1 aliphatic heterocycles. The summed E-state index contributed by atoms with van der Waals surface area (Å²) in [4.78, 5) is 0. The smallest absolute Gasteiger partial charge is 0.0739 e. The van der Waals surface area contributed by atoms with Crippen molar-refractivity contribution in [1.29, 1.82) is 0 Å². The van der Waals surface area contributed by atoms with Crippen molar-refractivity contribution in [3.8, 4) is 0 Å². The van der Waals surface area contributed by atoms with E-state index >= 15 is 0 Å². The molecule has 96 valence electrons. The van der Waals surface area contributed by atoms with Crippen LogP contribution in [0.2, 0.25) is 0 Å². The molecule has 2 rings (SSSR count). The highest BCUT2D eigenvalue weighted by Crippen LogP contribution is 2.41. The Morgan fingerprint density at radius 2 is 2.35 bits per heavy atom. The summed E-state index contributed by atoms with van der Waals surface area (Å²) in [5.74, 6) is 1.17. The molecule has 1 N–H and O–H groups in total. The highest BCUT2D eigenvalue weighted by atomic mass is 79.9. The number of aromatic nitrogens is 2. The molecule has 0 spiro atoms. The fraction of sp³-hybridized carbons (Fsp3) is 0.750. The van der Waals surface area contributed by atoms with Gasteiger partial charge in [0.1, 0.15) is 0 Å². The summed E-state index contributed by atoms with van der Waals surface area (Å²) in [6, 6.07) is 0. The molecule has 17 heavy (non-hydrogen) atoms. The van der Waals surface area contributed by atoms with Crippen molar-refractivity contribution >= 4 is 27.7 Å². The molecule has 2 atom stereocenters. The Morgan fingerprint density at radius 3 is 2.82 bits per heavy atom. The maximum absolute atomic E-state index is 10.4. The van der Waals surface area contributed by atoms with Gasteiger partial charge in [0.15, 0.2) is 0 Å². The third kappa shape index (κ3) is 2.56. The Kier molecular flexibility index (Phi) is 3.90. The molecule has 1 saturated heterocycles. The molecule has 3 nitrogen and oxygen atoms in total. The fourth-order valence-corrected chi connectivity index (χ4v) is 4.18. The summed E-state index contributed by atoms with van der Waals surface area (Å²) in [5.41, 5.74) is 2.07. The topological polar surface area (TPSA) is 38.0 Å². The van der Waals surface area contributed by atoms with Crippen LogP contribution < -0.4 is 0 Å². The van der Waals surface area contributed by atoms with E-state index in [2.05, 4.69) is 28.0 Å². The zero-order valence-corrected chi connectivity index (χ0v) is 12.9. The number of thioether (sulfide) groups is 1. The van der Waals surface area contributed by atoms with Gasteiger partial charge in [-0.05, 0) is 48.4 Å². The van der Waals surface area contributed by atoms with Crippen molar-refractivity contribution in [1.82, 2.24) is 9.78 Å². The van der Waals surface area contributed by atoms with Crippen molar-refractivity contribution in [2.45, 2.75) is 44.0 Å². The van der Waals surface area contributed by atoms with E-state index in [0.29, 0.717) is 6.42 Å². The number of hydrogen-bond donors (Lipinski definition) is 1. The molecule has 0 radical (unpaired) electrons. The average Bonchev–Trinajstić information content (AvgIpc) is 2.80. The van der Waals surface area contributed by atoms with Gasteiger partial charge in [0, 0.05) is 18.2 Å². The van der Waals surface area contributed by atoms with Crippen LogP contribution in [0.1, 0.15) is 31.2 Å². The summed E-state index contributed by atoms with van der Waals surface area (Å²) in [7, 11) is 1.93. The summed E-state index contributed by atoms with van der Waals surface area (Å²) >= 11 is 5.45. The highest BCUT2D eigenvalue weighted by molar-refractivity contribution is 9.10. The second-order valence-corrected chi connectivity index (χ2v) is 7.38. The van der Waals surface area contributed by atoms with Gasteiger partial charge in [0.2, 0.25) is 0 Å². The number of hydrogen-bond acceptors (Lipinski definition) is 3. The first-order valence-corrected chi connectivity index (χ1v) is 7.72. The van der Waals surface area contributed by atoms with E-state index < -0.39 is 0 Å². The monoisotopic (exact) mass is 318 g/mol. The predicted molar refractivity (Wildman–Crippen MR) is 75.5 cm³/mol. The van der Waals surface area contributed by atoms with Crippen molar-refractivity contribution in [3.05, 3.63) is 15.9 Å². The van der Waals surface area contributed by atoms with Crippen molar-refractivity contribution in [3.63, 3.8) is 0 Å². The Bertz CT molecular complexity index is 413. The highest BCUT2D eigenvalue weighted by Gasteiger charge is 2.37. The first-order valence-electron chi connectivity index (χ1n) is 5.94. The predicted octanol–water partition coefficient (Wildman–Crippen LogP) is 2.68. The van der Waals surface area contributed by atoms with Crippen LogP contribution in [0.5, 0.6) is 0 Å². The van der Waals surface area contributed by atoms with Crippen LogP contribution in [0.15, 0.2) is 4.47 Å². The standard InChI is InChI=1S/C12H19BrN2OS/c1-8-11(13)9(15(3)14-8)7-10(16)12(2)5-4-6-17-12/h10,16H,4-7H2,1-3H3. The van der Waals surface area contributed by atoms with E-state index in [-0.39, 0.29) is 10.9 Å². The van der Waals surface area contributed by atoms with Gasteiger partial charge in [-0.25, -0.2) is 0 Å². The van der Waals surface area contributed by atoms with Gasteiger partial charge in [0.05, 0.1) is 22.0 Å². The van der Waals surface area contributed by atoms with Crippen LogP contribution >= 0.6 is 27.7 Å². The zero-order chi connectivity index (χ0) is 12.6. The van der Waals surface area contributed by atoms with E-state index in [1.54, 1.807) is 0 Å². The Hall–Kier alpha value is -0.000000000000000111. The van der Waals surface area contributed by atoms with Crippen LogP contribution in [0, 0.1) is 6.92 Å². The molecule has 0 aliphatic carbocycles. The van der Waals surface area contributed by atoms with E-state index in [4.69, 9.17) is 0 Å². The SMILES string of the molecule is Cc1nn(C)c(CC(O)C2(C)CCCS2)c1Br. The lowest BCUT2D eigenvalue weighted by Crippen LogP contribution is -2.35. The van der Waals surface area contributed by atoms with Crippen LogP contribution in [0.4, 0.5) is 0 Å². The maximum atomic E-state index is 10.4. The van der Waals surface area contributed by atoms with Gasteiger partial charge in [-0.2, -0.15) is 16.9 Å². The molecule has 1 fully saturated rings. The van der Waals surface area contributed by atoms with Gasteiger partial charge < -0.3 is 5.11 Å². The van der Waals surface area contributed by atoms with Gasteiger partial charge in [0.25, 0.3) is 0 Å². The minimum absolute atomic E-state index is 0.0115. The molecular weight excluding hydrogens is 300 g/mol. The first-order chi connectivity index (χ1) is 7.94. The number of rotatable bonds is 3. The molecule has 5 heteroatoms. The molecule has 0 amide bonds. The molecular formula is C12H19BrN2OS. The second-order valence-electron chi connectivity index (χ2n) is 4.95. The number of aliphatic hydroxyl groups is 1. The van der Waals surface area contributed by atoms with Crippen LogP contribution in [0.25, 0.3) is 0 Å². The van der Waals surface area contributed by atoms with Crippen molar-refractivity contribution in [2.75, 3.05) is 5.75 Å². The molecule has 1 aromatic rings. The van der Waals surface area contributed by atoms with Crippen LogP contribution in [-0.4, -0.2) is 31.5 Å². The lowest BCUT2D eigenvalue weighted by atomic mass is 9.95. The fourth-order valence-electron chi connectivity index (χ4n) is 2.36. The zero-order valence-electron chi connectivity index (χ0n) is 10.5. The summed E-state index contributed by atoms with van der Waals surface area (Å²) in [5, 5.41) is 14.8. The molecule has 1 aromatic heterocycles. The van der Waals surface area contributed by atoms with Crippen molar-refractivity contribution in [2.24, 2.45) is 7.05 Å². The molecule has 2 unspecified atom stereocenters. The largest absolute Gasteiger partial charge is 0.391 e. The molecule has 2 heterocycles. The first kappa shape index (κ1) is 13.4. The number of aliphatic hydroxyl groups excluding tert-OH is 1. The van der Waals surface area contributed by atoms with Gasteiger partial charge in [-0.1, -0.05) is 0 Å². The quantitative estimate of drug-likeness (QED) is 0.931. The molecule has 0 aromatic carbocycles. The third-order valence-electron chi connectivity index (χ3n) is 3.60. The van der Waals surface area contributed by atoms with Crippen molar-refractivity contribution < 1.29 is 5.11 Å². The maximum Gasteiger partial charge on any atom is 0.0739 e. The number of nitrogens with zero attached hydrogens (tertiary/aromatic N) is 2. The Labute approximate surface area is 115 Å². The van der Waals surface area contributed by atoms with Crippen LogP contribution in [-0.2, 0) is 13.5 Å². The van der Waals surface area contributed by atoms with E-state index in [9.17, 15) is 5.11 Å². The molecule has 0 bridgehead atoms. The normalized spacial score (nSPS) is 26.4. The summed E-state index contributed by atoms with van der Waals surface area (Å²) in [6.45, 7) is 4.15. The Balaban J connectivity index is 2.15. The van der Waals surface area contributed by atoms with Gasteiger partial charge >= 0.3 is 0 Å². The van der Waals surface area contributed by atoms with Gasteiger partial charge in [-0.15, -0.1) is 0 Å². The average molecular weight is 319 g/mol. The second kappa shape index (κ2) is 4.94. The summed E-state index contributed by atoms with van der Waals surface area (Å²) in [6.07, 6.45) is 2.68. The van der Waals surface area contributed by atoms with E-state index in [1.165, 1.54) is 12.2 Å².